The summed E-state index contributed by atoms with van der Waals surface area (Å²) in [6, 6.07) is 0. The fourth-order valence-electron chi connectivity index (χ4n) is 1.52. The first-order chi connectivity index (χ1) is 4.79. The smallest absolute Gasteiger partial charge is 0.0517 e. The van der Waals surface area contributed by atoms with Crippen LogP contribution in [0.15, 0.2) is 12.2 Å². The molecular formula is C9H16O. The Morgan fingerprint density at radius 2 is 2.50 bits per heavy atom. The highest BCUT2D eigenvalue weighted by Crippen LogP contribution is 2.21. The van der Waals surface area contributed by atoms with E-state index in [0.717, 1.165) is 6.42 Å². The van der Waals surface area contributed by atoms with E-state index in [4.69, 9.17) is 5.11 Å². The van der Waals surface area contributed by atoms with Crippen molar-refractivity contribution in [3.63, 3.8) is 0 Å². The molecule has 1 nitrogen and oxygen atoms in total. The van der Waals surface area contributed by atoms with Crippen LogP contribution in [0.4, 0.5) is 0 Å². The van der Waals surface area contributed by atoms with Crippen molar-refractivity contribution in [3.8, 4) is 0 Å². The van der Waals surface area contributed by atoms with Crippen LogP contribution in [0.3, 0.4) is 0 Å². The van der Waals surface area contributed by atoms with E-state index >= 15 is 0 Å². The average molecular weight is 140 g/mol. The molecule has 0 radical (unpaired) electrons. The van der Waals surface area contributed by atoms with Crippen LogP contribution in [0.5, 0.6) is 0 Å². The van der Waals surface area contributed by atoms with Gasteiger partial charge in [-0.05, 0) is 38.5 Å². The lowest BCUT2D eigenvalue weighted by Crippen LogP contribution is -2.09. The molecule has 0 aliphatic heterocycles. The number of aliphatic hydroxyl groups excluding tert-OH is 1. The minimum Gasteiger partial charge on any atom is -0.393 e. The van der Waals surface area contributed by atoms with Gasteiger partial charge in [0.1, 0.15) is 0 Å². The molecule has 0 fully saturated rings. The minimum absolute atomic E-state index is 0.132. The van der Waals surface area contributed by atoms with Gasteiger partial charge in [0, 0.05) is 0 Å². The van der Waals surface area contributed by atoms with Crippen LogP contribution in [0.1, 0.15) is 32.6 Å². The predicted molar refractivity (Wildman–Crippen MR) is 42.8 cm³/mol. The summed E-state index contributed by atoms with van der Waals surface area (Å²) in [4.78, 5) is 0. The molecule has 0 heterocycles. The van der Waals surface area contributed by atoms with Crippen molar-refractivity contribution < 1.29 is 5.11 Å². The highest BCUT2D eigenvalue weighted by molar-refractivity contribution is 4.93. The predicted octanol–water partition coefficient (Wildman–Crippen LogP) is 2.11. The van der Waals surface area contributed by atoms with Crippen LogP contribution < -0.4 is 0 Å². The second-order valence-corrected chi connectivity index (χ2v) is 3.20. The Kier molecular flexibility index (Phi) is 2.94. The summed E-state index contributed by atoms with van der Waals surface area (Å²) in [7, 11) is 0. The maximum atomic E-state index is 9.07. The maximum absolute atomic E-state index is 9.07. The van der Waals surface area contributed by atoms with E-state index in [1.807, 2.05) is 6.92 Å². The molecule has 1 rings (SSSR count). The van der Waals surface area contributed by atoms with E-state index in [2.05, 4.69) is 12.2 Å². The molecule has 2 atom stereocenters. The first kappa shape index (κ1) is 7.80. The van der Waals surface area contributed by atoms with Crippen LogP contribution >= 0.6 is 0 Å². The molecule has 0 aromatic rings. The Balaban J connectivity index is 2.26. The van der Waals surface area contributed by atoms with E-state index in [1.54, 1.807) is 0 Å². The second-order valence-electron chi connectivity index (χ2n) is 3.20. The average Bonchev–Trinajstić information content (AvgIpc) is 1.88. The fraction of sp³-hybridized carbons (Fsp3) is 0.778. The third-order valence-electron chi connectivity index (χ3n) is 2.00. The zero-order valence-electron chi connectivity index (χ0n) is 6.59. The highest BCUT2D eigenvalue weighted by atomic mass is 16.3. The Morgan fingerprint density at radius 1 is 1.70 bits per heavy atom. The topological polar surface area (TPSA) is 20.2 Å². The van der Waals surface area contributed by atoms with Crippen molar-refractivity contribution in [2.24, 2.45) is 5.92 Å². The lowest BCUT2D eigenvalue weighted by Gasteiger charge is -2.17. The van der Waals surface area contributed by atoms with Gasteiger partial charge in [-0.15, -0.1) is 0 Å². The zero-order chi connectivity index (χ0) is 7.40. The summed E-state index contributed by atoms with van der Waals surface area (Å²) in [5.41, 5.74) is 0. The van der Waals surface area contributed by atoms with E-state index in [-0.39, 0.29) is 6.10 Å². The molecule has 0 unspecified atom stereocenters. The molecule has 0 bridgehead atoms. The normalized spacial score (nSPS) is 28.4. The second kappa shape index (κ2) is 3.77. The van der Waals surface area contributed by atoms with Gasteiger partial charge in [0.2, 0.25) is 0 Å². The van der Waals surface area contributed by atoms with Gasteiger partial charge >= 0.3 is 0 Å². The lowest BCUT2D eigenvalue weighted by atomic mass is 9.91. The molecule has 0 saturated carbocycles. The lowest BCUT2D eigenvalue weighted by molar-refractivity contribution is 0.166. The number of allylic oxidation sites excluding steroid dienone is 2. The Labute approximate surface area is 62.8 Å². The minimum atomic E-state index is -0.132. The van der Waals surface area contributed by atoms with Crippen LogP contribution in [0.25, 0.3) is 0 Å². The van der Waals surface area contributed by atoms with Crippen molar-refractivity contribution in [1.29, 1.82) is 0 Å². The van der Waals surface area contributed by atoms with Crippen molar-refractivity contribution in [1.82, 2.24) is 0 Å². The third-order valence-corrected chi connectivity index (χ3v) is 2.00. The van der Waals surface area contributed by atoms with Gasteiger partial charge in [-0.2, -0.15) is 0 Å². The van der Waals surface area contributed by atoms with Gasteiger partial charge in [0.25, 0.3) is 0 Å². The molecule has 1 aliphatic carbocycles. The molecule has 0 aromatic carbocycles. The van der Waals surface area contributed by atoms with Crippen molar-refractivity contribution in [2.75, 3.05) is 0 Å². The van der Waals surface area contributed by atoms with Gasteiger partial charge in [-0.25, -0.2) is 0 Å². The zero-order valence-corrected chi connectivity index (χ0v) is 6.59. The van der Waals surface area contributed by atoms with Crippen LogP contribution in [0, 0.1) is 5.92 Å². The van der Waals surface area contributed by atoms with Gasteiger partial charge in [0.15, 0.2) is 0 Å². The van der Waals surface area contributed by atoms with E-state index in [9.17, 15) is 0 Å². The first-order valence-corrected chi connectivity index (χ1v) is 4.14. The molecule has 0 saturated heterocycles. The monoisotopic (exact) mass is 140 g/mol. The molecule has 10 heavy (non-hydrogen) atoms. The summed E-state index contributed by atoms with van der Waals surface area (Å²) < 4.78 is 0. The van der Waals surface area contributed by atoms with Crippen molar-refractivity contribution in [3.05, 3.63) is 12.2 Å². The quantitative estimate of drug-likeness (QED) is 0.582. The Hall–Kier alpha value is -0.300. The molecule has 58 valence electrons. The molecular weight excluding hydrogens is 124 g/mol. The summed E-state index contributed by atoms with van der Waals surface area (Å²) in [5.74, 6) is 0.647. The summed E-state index contributed by atoms with van der Waals surface area (Å²) in [5, 5.41) is 9.07. The van der Waals surface area contributed by atoms with Crippen molar-refractivity contribution >= 4 is 0 Å². The fourth-order valence-corrected chi connectivity index (χ4v) is 1.52. The number of hydrogen-bond acceptors (Lipinski definition) is 1. The van der Waals surface area contributed by atoms with Crippen LogP contribution in [-0.2, 0) is 0 Å². The Bertz CT molecular complexity index is 116. The summed E-state index contributed by atoms with van der Waals surface area (Å²) in [6.45, 7) is 1.86. The van der Waals surface area contributed by atoms with E-state index in [0.29, 0.717) is 5.92 Å². The number of hydrogen-bond donors (Lipinski definition) is 1. The first-order valence-electron chi connectivity index (χ1n) is 4.14. The molecule has 1 N–H and O–H groups in total. The third kappa shape index (κ3) is 2.53. The highest BCUT2D eigenvalue weighted by Gasteiger charge is 2.09. The molecule has 0 spiro atoms. The SMILES string of the molecule is C[C@H](O)C[C@@H]1C=CCCC1. The summed E-state index contributed by atoms with van der Waals surface area (Å²) in [6.07, 6.45) is 9.09. The van der Waals surface area contributed by atoms with Crippen molar-refractivity contribution in [2.45, 2.75) is 38.7 Å². The largest absolute Gasteiger partial charge is 0.393 e. The van der Waals surface area contributed by atoms with Gasteiger partial charge in [-0.3, -0.25) is 0 Å². The maximum Gasteiger partial charge on any atom is 0.0517 e. The molecule has 0 aromatic heterocycles. The Morgan fingerprint density at radius 3 is 3.00 bits per heavy atom. The molecule has 1 aliphatic rings. The molecule has 0 amide bonds. The van der Waals surface area contributed by atoms with Crippen LogP contribution in [0.2, 0.25) is 0 Å². The number of aliphatic hydroxyl groups is 1. The van der Waals surface area contributed by atoms with Gasteiger partial charge < -0.3 is 5.11 Å². The van der Waals surface area contributed by atoms with Crippen LogP contribution in [-0.4, -0.2) is 11.2 Å². The van der Waals surface area contributed by atoms with Gasteiger partial charge in [-0.1, -0.05) is 12.2 Å². The van der Waals surface area contributed by atoms with E-state index < -0.39 is 0 Å². The summed E-state index contributed by atoms with van der Waals surface area (Å²) >= 11 is 0. The van der Waals surface area contributed by atoms with Gasteiger partial charge in [0.05, 0.1) is 6.10 Å². The molecule has 1 heteroatoms. The standard InChI is InChI=1S/C9H16O/c1-8(10)7-9-5-3-2-4-6-9/h3,5,8-10H,2,4,6-7H2,1H3/t8-,9+/m0/s1. The van der Waals surface area contributed by atoms with E-state index in [1.165, 1.54) is 19.3 Å². The number of rotatable bonds is 2.